The summed E-state index contributed by atoms with van der Waals surface area (Å²) in [7, 11) is 1.92. The Morgan fingerprint density at radius 2 is 2.16 bits per heavy atom. The minimum Gasteiger partial charge on any atom is -0.336 e. The lowest BCUT2D eigenvalue weighted by atomic mass is 9.79. The molecule has 1 atom stereocenters. The first-order valence-electron chi connectivity index (χ1n) is 8.27. The fourth-order valence-electron chi connectivity index (χ4n) is 3.72. The van der Waals surface area contributed by atoms with Crippen LogP contribution in [0.4, 0.5) is 0 Å². The number of hydrogen-bond donors (Lipinski definition) is 0. The van der Waals surface area contributed by atoms with Crippen molar-refractivity contribution < 1.29 is 4.79 Å². The molecule has 0 aliphatic carbocycles. The molecule has 3 aromatic rings. The molecule has 4 heterocycles. The summed E-state index contributed by atoms with van der Waals surface area (Å²) in [6.07, 6.45) is 5.85. The third kappa shape index (κ3) is 2.66. The second-order valence-electron chi connectivity index (χ2n) is 7.35. The Hall–Kier alpha value is -2.15. The summed E-state index contributed by atoms with van der Waals surface area (Å²) >= 11 is 3.53. The second kappa shape index (κ2) is 5.69. The van der Waals surface area contributed by atoms with Gasteiger partial charge in [-0.2, -0.15) is 5.10 Å². The molecule has 1 saturated heterocycles. The smallest absolute Gasteiger partial charge is 0.275 e. The average molecular weight is 402 g/mol. The Labute approximate surface area is 154 Å². The summed E-state index contributed by atoms with van der Waals surface area (Å²) < 4.78 is 4.40. The molecule has 0 saturated carbocycles. The summed E-state index contributed by atoms with van der Waals surface area (Å²) in [6.45, 7) is 5.79. The maximum atomic E-state index is 13.1. The number of hydrogen-bond acceptors (Lipinski definition) is 3. The summed E-state index contributed by atoms with van der Waals surface area (Å²) in [5.74, 6) is 0.232. The van der Waals surface area contributed by atoms with E-state index in [4.69, 9.17) is 0 Å². The molecule has 1 fully saturated rings. The highest BCUT2D eigenvalue weighted by Crippen LogP contribution is 2.42. The number of pyridine rings is 1. The standard InChI is InChI=1S/C18H20BrN5O/c1-18(2)11-23(10-13(18)12-8-20-22(3)9-12)17(25)15-16(19)24-7-5-4-6-14(24)21-15/h4-9,13H,10-11H2,1-3H3. The van der Waals surface area contributed by atoms with Gasteiger partial charge in [-0.1, -0.05) is 19.9 Å². The molecule has 4 rings (SSSR count). The van der Waals surface area contributed by atoms with Gasteiger partial charge in [0.2, 0.25) is 0 Å². The zero-order valence-corrected chi connectivity index (χ0v) is 16.1. The normalized spacial score (nSPS) is 19.7. The molecule has 1 aliphatic heterocycles. The number of aryl methyl sites for hydroxylation is 1. The van der Waals surface area contributed by atoms with Crippen LogP contribution < -0.4 is 0 Å². The van der Waals surface area contributed by atoms with Gasteiger partial charge in [0.25, 0.3) is 5.91 Å². The minimum atomic E-state index is -0.0324. The highest BCUT2D eigenvalue weighted by Gasteiger charge is 2.43. The fourth-order valence-corrected chi connectivity index (χ4v) is 4.28. The predicted octanol–water partition coefficient (Wildman–Crippen LogP) is 3.10. The molecular formula is C18H20BrN5O. The number of fused-ring (bicyclic) bond motifs is 1. The number of rotatable bonds is 2. The molecule has 0 aromatic carbocycles. The Morgan fingerprint density at radius 3 is 2.84 bits per heavy atom. The van der Waals surface area contributed by atoms with Crippen molar-refractivity contribution in [3.63, 3.8) is 0 Å². The van der Waals surface area contributed by atoms with E-state index < -0.39 is 0 Å². The van der Waals surface area contributed by atoms with Crippen molar-refractivity contribution in [2.75, 3.05) is 13.1 Å². The van der Waals surface area contributed by atoms with Crippen LogP contribution in [0.3, 0.4) is 0 Å². The molecular weight excluding hydrogens is 382 g/mol. The van der Waals surface area contributed by atoms with E-state index in [0.717, 1.165) is 5.65 Å². The largest absolute Gasteiger partial charge is 0.336 e. The lowest BCUT2D eigenvalue weighted by Crippen LogP contribution is -2.30. The van der Waals surface area contributed by atoms with Gasteiger partial charge >= 0.3 is 0 Å². The van der Waals surface area contributed by atoms with Crippen LogP contribution in [-0.2, 0) is 7.05 Å². The molecule has 0 bridgehead atoms. The zero-order valence-electron chi connectivity index (χ0n) is 14.5. The van der Waals surface area contributed by atoms with Gasteiger partial charge in [-0.15, -0.1) is 0 Å². The SMILES string of the molecule is Cn1cc(C2CN(C(=O)c3nc4ccccn4c3Br)CC2(C)C)cn1. The van der Waals surface area contributed by atoms with Gasteiger partial charge < -0.3 is 4.90 Å². The molecule has 6 nitrogen and oxygen atoms in total. The number of likely N-dealkylation sites (tertiary alicyclic amines) is 1. The quantitative estimate of drug-likeness (QED) is 0.662. The molecule has 1 aliphatic rings. The van der Waals surface area contributed by atoms with Crippen LogP contribution in [0.1, 0.15) is 35.8 Å². The molecule has 0 N–H and O–H groups in total. The third-order valence-corrected chi connectivity index (χ3v) is 5.79. The van der Waals surface area contributed by atoms with Crippen molar-refractivity contribution in [2.24, 2.45) is 12.5 Å². The van der Waals surface area contributed by atoms with Crippen molar-refractivity contribution in [1.29, 1.82) is 0 Å². The second-order valence-corrected chi connectivity index (χ2v) is 8.11. The van der Waals surface area contributed by atoms with E-state index in [2.05, 4.69) is 39.9 Å². The molecule has 0 radical (unpaired) electrons. The third-order valence-electron chi connectivity index (χ3n) is 5.03. The number of carbonyl (C=O) groups is 1. The molecule has 1 unspecified atom stereocenters. The molecule has 7 heteroatoms. The van der Waals surface area contributed by atoms with Crippen LogP contribution in [-0.4, -0.2) is 43.1 Å². The van der Waals surface area contributed by atoms with E-state index in [0.29, 0.717) is 23.4 Å². The summed E-state index contributed by atoms with van der Waals surface area (Å²) in [6, 6.07) is 5.74. The summed E-state index contributed by atoms with van der Waals surface area (Å²) in [4.78, 5) is 19.5. The average Bonchev–Trinajstić information content (AvgIpc) is 3.23. The molecule has 130 valence electrons. The highest BCUT2D eigenvalue weighted by molar-refractivity contribution is 9.10. The van der Waals surface area contributed by atoms with E-state index in [9.17, 15) is 4.79 Å². The van der Waals surface area contributed by atoms with Crippen LogP contribution in [0.5, 0.6) is 0 Å². The number of nitrogens with zero attached hydrogens (tertiary/aromatic N) is 5. The lowest BCUT2D eigenvalue weighted by Gasteiger charge is -2.24. The molecule has 25 heavy (non-hydrogen) atoms. The minimum absolute atomic E-state index is 0.00960. The Kier molecular flexibility index (Phi) is 3.72. The number of imidazole rings is 1. The molecule has 1 amide bonds. The molecule has 3 aromatic heterocycles. The van der Waals surface area contributed by atoms with Crippen molar-refractivity contribution in [2.45, 2.75) is 19.8 Å². The summed E-state index contributed by atoms with van der Waals surface area (Å²) in [5.41, 5.74) is 2.40. The number of carbonyl (C=O) groups excluding carboxylic acids is 1. The van der Waals surface area contributed by atoms with Gasteiger partial charge in [0, 0.05) is 38.4 Å². The van der Waals surface area contributed by atoms with E-state index in [1.807, 2.05) is 57.8 Å². The Balaban J connectivity index is 1.65. The maximum absolute atomic E-state index is 13.1. The number of amides is 1. The fraction of sp³-hybridized carbons (Fsp3) is 0.389. The van der Waals surface area contributed by atoms with Crippen LogP contribution in [0.25, 0.3) is 5.65 Å². The summed E-state index contributed by atoms with van der Waals surface area (Å²) in [5, 5.41) is 4.29. The zero-order chi connectivity index (χ0) is 17.8. The van der Waals surface area contributed by atoms with Gasteiger partial charge in [-0.05, 0) is 39.0 Å². The Bertz CT molecular complexity index is 957. The topological polar surface area (TPSA) is 55.4 Å². The van der Waals surface area contributed by atoms with E-state index in [1.165, 1.54) is 5.56 Å². The van der Waals surface area contributed by atoms with E-state index in [-0.39, 0.29) is 17.2 Å². The van der Waals surface area contributed by atoms with Crippen molar-refractivity contribution in [3.8, 4) is 0 Å². The number of halogens is 1. The van der Waals surface area contributed by atoms with Crippen molar-refractivity contribution in [1.82, 2.24) is 24.1 Å². The van der Waals surface area contributed by atoms with Crippen LogP contribution >= 0.6 is 15.9 Å². The Morgan fingerprint density at radius 1 is 1.36 bits per heavy atom. The van der Waals surface area contributed by atoms with Gasteiger partial charge in [0.1, 0.15) is 10.3 Å². The number of aromatic nitrogens is 4. The van der Waals surface area contributed by atoms with Gasteiger partial charge in [-0.3, -0.25) is 13.9 Å². The maximum Gasteiger partial charge on any atom is 0.275 e. The van der Waals surface area contributed by atoms with Gasteiger partial charge in [-0.25, -0.2) is 4.98 Å². The first-order chi connectivity index (χ1) is 11.9. The van der Waals surface area contributed by atoms with E-state index >= 15 is 0 Å². The molecule has 0 spiro atoms. The first-order valence-corrected chi connectivity index (χ1v) is 9.06. The monoisotopic (exact) mass is 401 g/mol. The van der Waals surface area contributed by atoms with Crippen LogP contribution in [0, 0.1) is 5.41 Å². The van der Waals surface area contributed by atoms with Crippen LogP contribution in [0.15, 0.2) is 41.4 Å². The van der Waals surface area contributed by atoms with Crippen molar-refractivity contribution in [3.05, 3.63) is 52.7 Å². The lowest BCUT2D eigenvalue weighted by molar-refractivity contribution is 0.0772. The highest BCUT2D eigenvalue weighted by atomic mass is 79.9. The van der Waals surface area contributed by atoms with E-state index in [1.54, 1.807) is 0 Å². The van der Waals surface area contributed by atoms with Crippen LogP contribution in [0.2, 0.25) is 0 Å². The van der Waals surface area contributed by atoms with Crippen molar-refractivity contribution >= 4 is 27.5 Å². The van der Waals surface area contributed by atoms with Gasteiger partial charge in [0.15, 0.2) is 5.69 Å². The predicted molar refractivity (Wildman–Crippen MR) is 98.5 cm³/mol. The van der Waals surface area contributed by atoms with Gasteiger partial charge in [0.05, 0.1) is 6.20 Å². The first kappa shape index (κ1) is 16.3.